The fourth-order valence-electron chi connectivity index (χ4n) is 14.8. The molecule has 8 bridgehead atoms. The monoisotopic (exact) mass is 1740 g/mol. The van der Waals surface area contributed by atoms with E-state index in [1.165, 1.54) is 11.9 Å². The summed E-state index contributed by atoms with van der Waals surface area (Å²) in [4.78, 5) is 8.35. The van der Waals surface area contributed by atoms with E-state index < -0.39 is 373 Å². The standard InChI is InChI=1S/C71H61F16N5O20S4/c1-92-8-14-15(9-92)51-29(33-40(78)48(86)67(49(87)41(33)79)116-71-63(108)59(104)55(100)25(13-96)112-71)21-7-5-19(90-21)27(31-36(74)44(82)65(45(83)37(31)75)114-69-61(106)57(102)53(98)23(11-94)110-69)17-3-2-16(88-17)26(30-34(72)42(80)64(43(81)35(30)73)113-68-60(105)56(101)52(97)22(10-93)109-68)18-4-6-20(89-18)28(50(14)91-51)32-38(76)46(84)66(47(85)39(32)77)115-70-62(107)58(103)54(99)24(12-95)111-70/h2-7,14-15,22-25,52-63,68-71,88,91,93-108H,8-13H2,1H3/t14-,15+,22-,23-,24-,25-,52-,53-,54-,55-,56+,57+,58+,59+,60-,61-,62-,63-,68+,69+,70+,71+/m1/s1. The Balaban J connectivity index is 1.11. The van der Waals surface area contributed by atoms with E-state index in [0.717, 1.165) is 0 Å². The van der Waals surface area contributed by atoms with Gasteiger partial charge in [0.2, 0.25) is 0 Å². The highest BCUT2D eigenvalue weighted by Crippen LogP contribution is 2.55. The molecule has 5 fully saturated rings. The Morgan fingerprint density at radius 3 is 0.750 bits per heavy atom. The molecule has 8 aliphatic heterocycles. The third-order valence-electron chi connectivity index (χ3n) is 20.8. The highest BCUT2D eigenvalue weighted by Gasteiger charge is 2.52. The van der Waals surface area contributed by atoms with E-state index in [4.69, 9.17) is 18.9 Å². The molecule has 0 saturated carbocycles. The maximum Gasteiger partial charge on any atom is 0.176 e. The van der Waals surface area contributed by atoms with Crippen molar-refractivity contribution in [3.05, 3.63) is 139 Å². The zero-order chi connectivity index (χ0) is 84.0. The number of nitrogens with zero attached hydrogens (tertiary/aromatic N) is 3. The molecule has 5 saturated heterocycles. The van der Waals surface area contributed by atoms with Gasteiger partial charge in [0.05, 0.1) is 91.0 Å². The number of ether oxygens (including phenoxy) is 4. The Morgan fingerprint density at radius 1 is 0.310 bits per heavy atom. The van der Waals surface area contributed by atoms with Gasteiger partial charge in [0.1, 0.15) is 119 Å². The molecule has 0 unspecified atom stereocenters. The van der Waals surface area contributed by atoms with Crippen molar-refractivity contribution in [2.24, 2.45) is 0 Å². The van der Waals surface area contributed by atoms with Crippen molar-refractivity contribution in [3.8, 4) is 44.5 Å². The molecule has 18 N–H and O–H groups in total. The van der Waals surface area contributed by atoms with Gasteiger partial charge < -0.3 is 116 Å². The van der Waals surface area contributed by atoms with Crippen LogP contribution in [0, 0.1) is 93.1 Å². The van der Waals surface area contributed by atoms with Gasteiger partial charge in [0.25, 0.3) is 0 Å². The van der Waals surface area contributed by atoms with Crippen LogP contribution in [0.3, 0.4) is 0 Å². The predicted octanol–water partition coefficient (Wildman–Crippen LogP) is 4.65. The van der Waals surface area contributed by atoms with E-state index in [1.807, 2.05) is 0 Å². The number of hydrogen-bond donors (Lipinski definition) is 18. The molecule has 25 nitrogen and oxygen atoms in total. The van der Waals surface area contributed by atoms with Crippen LogP contribution in [0.2, 0.25) is 0 Å². The van der Waals surface area contributed by atoms with Crippen LogP contribution in [0.15, 0.2) is 31.7 Å². The first-order valence-electron chi connectivity index (χ1n) is 34.4. The number of likely N-dealkylation sites (tertiary alicyclic amines) is 1. The Morgan fingerprint density at radius 2 is 0.526 bits per heavy atom. The number of nitrogens with one attached hydrogen (secondary N) is 2. The molecule has 0 amide bonds. The summed E-state index contributed by atoms with van der Waals surface area (Å²) in [6.45, 7) is -5.53. The molecule has 0 aliphatic carbocycles. The molecule has 626 valence electrons. The number of H-pyrrole nitrogens is 2. The second-order valence-corrected chi connectivity index (χ2v) is 32.1. The zero-order valence-corrected chi connectivity index (χ0v) is 61.5. The maximum atomic E-state index is 18.0. The van der Waals surface area contributed by atoms with E-state index in [1.54, 1.807) is 0 Å². The highest BCUT2D eigenvalue weighted by atomic mass is 32.2. The molecule has 0 spiro atoms. The van der Waals surface area contributed by atoms with Gasteiger partial charge in [-0.05, 0) is 43.5 Å². The number of likely N-dealkylation sites (N-methyl/N-ethyl adjacent to an activating group) is 1. The number of aliphatic hydroxyl groups is 16. The van der Waals surface area contributed by atoms with Gasteiger partial charge in [-0.1, -0.05) is 47.0 Å². The van der Waals surface area contributed by atoms with E-state index in [0.29, 0.717) is 36.4 Å². The lowest BCUT2D eigenvalue weighted by atomic mass is 9.86. The van der Waals surface area contributed by atoms with Crippen molar-refractivity contribution in [1.29, 1.82) is 0 Å². The summed E-state index contributed by atoms with van der Waals surface area (Å²) in [7, 11) is 1.32. The largest absolute Gasteiger partial charge is 0.394 e. The number of aromatic nitrogens is 4. The minimum Gasteiger partial charge on any atom is -0.394 e. The van der Waals surface area contributed by atoms with Gasteiger partial charge in [0, 0.05) is 69.6 Å². The predicted molar refractivity (Wildman–Crippen MR) is 373 cm³/mol. The van der Waals surface area contributed by atoms with Gasteiger partial charge in [0.15, 0.2) is 93.1 Å². The van der Waals surface area contributed by atoms with Gasteiger partial charge in [-0.25, -0.2) is 80.2 Å². The van der Waals surface area contributed by atoms with Gasteiger partial charge >= 0.3 is 0 Å². The number of rotatable bonds is 16. The molecular formula is C71H61F16N5O20S4. The molecule has 0 radical (unpaired) electrons. The fourth-order valence-corrected chi connectivity index (χ4v) is 19.3. The van der Waals surface area contributed by atoms with Crippen molar-refractivity contribution >= 4 is 82.4 Å². The summed E-state index contributed by atoms with van der Waals surface area (Å²) in [5.74, 6) is -42.1. The number of hydrogen-bond acceptors (Lipinski definition) is 27. The first-order chi connectivity index (χ1) is 54.9. The lowest BCUT2D eigenvalue weighted by Crippen LogP contribution is -2.57. The third-order valence-corrected chi connectivity index (χ3v) is 25.7. The molecule has 45 heteroatoms. The van der Waals surface area contributed by atoms with Crippen LogP contribution in [0.1, 0.15) is 46.0 Å². The average Bonchev–Trinajstić information content (AvgIpc) is 1.55. The van der Waals surface area contributed by atoms with Crippen LogP contribution in [-0.2, 0) is 18.9 Å². The first kappa shape index (κ1) is 85.6. The van der Waals surface area contributed by atoms with Crippen LogP contribution >= 0.6 is 47.0 Å². The van der Waals surface area contributed by atoms with Crippen molar-refractivity contribution in [2.45, 2.75) is 151 Å². The number of aromatic amines is 2. The van der Waals surface area contributed by atoms with Crippen LogP contribution < -0.4 is 0 Å². The Labute approximate surface area is 656 Å². The Kier molecular flexibility index (Phi) is 24.3. The summed E-state index contributed by atoms with van der Waals surface area (Å²) < 4.78 is 303. The lowest BCUT2D eigenvalue weighted by Gasteiger charge is -2.39. The number of halogens is 16. The summed E-state index contributed by atoms with van der Waals surface area (Å²) >= 11 is -1.42. The highest BCUT2D eigenvalue weighted by molar-refractivity contribution is 8.00. The lowest BCUT2D eigenvalue weighted by molar-refractivity contribution is -0.205. The SMILES string of the molecule is CN1C[C@@H]2c3[nH]c(c(-c4c(F)c(F)c(S[C@@H]5O[C@H](CO)[C@@H](O)[C@H](O)[C@H]5O)c(F)c4F)c4nc(c(-c5c(F)c(F)c(S[C@@H]6O[C@H](CO)[C@@H](O)[C@H](O)[C@H]6O)c(F)c5F)c5ccc([nH]5)c(-c5c(F)c(F)c(S[C@@H]6O[C@H](CO)[C@@H](O)[C@H](O)[C@H]6O)c(F)c5F)c5nc(c3-c3c(F)c(F)c(S[C@@H]6O[C@H](CO)[C@@H](O)[C@H](O)[C@H]6O)c(F)c3F)C=C5)C=C4)[C@@H]2C1. The van der Waals surface area contributed by atoms with E-state index >= 15 is 70.2 Å². The normalized spacial score (nSPS) is 30.4. The van der Waals surface area contributed by atoms with Crippen LogP contribution in [0.25, 0.3) is 79.8 Å². The smallest absolute Gasteiger partial charge is 0.176 e. The zero-order valence-electron chi connectivity index (χ0n) is 58.2. The number of thioether (sulfide) groups is 4. The molecule has 116 heavy (non-hydrogen) atoms. The molecule has 2 aromatic heterocycles. The summed E-state index contributed by atoms with van der Waals surface area (Å²) in [5.41, 5.74) is -29.3. The second-order valence-electron chi connectivity index (χ2n) is 27.7. The van der Waals surface area contributed by atoms with Gasteiger partial charge in [-0.15, -0.1) is 0 Å². The molecular weight excluding hydrogens is 1680 g/mol. The topological polar surface area (TPSA) is 421 Å². The molecule has 22 atom stereocenters. The van der Waals surface area contributed by atoms with Crippen LogP contribution in [0.5, 0.6) is 0 Å². The first-order valence-corrected chi connectivity index (χ1v) is 38.0. The minimum atomic E-state index is -2.47. The summed E-state index contributed by atoms with van der Waals surface area (Å²) in [6.07, 6.45) is -31.5. The second kappa shape index (κ2) is 33.0. The quantitative estimate of drug-likeness (QED) is 0.0462. The molecule has 6 aromatic rings. The van der Waals surface area contributed by atoms with E-state index in [-0.39, 0.29) is 47.0 Å². The van der Waals surface area contributed by atoms with Crippen LogP contribution in [-0.4, -0.2) is 273 Å². The maximum absolute atomic E-state index is 18.0. The average molecular weight is 1740 g/mol. The Hall–Kier alpha value is -6.82. The van der Waals surface area contributed by atoms with Crippen molar-refractivity contribution in [3.63, 3.8) is 0 Å². The summed E-state index contributed by atoms with van der Waals surface area (Å²) in [6, 6.07) is 1.28. The Bertz CT molecular complexity index is 4810. The van der Waals surface area contributed by atoms with Crippen LogP contribution in [0.4, 0.5) is 70.2 Å². The summed E-state index contributed by atoms with van der Waals surface area (Å²) in [5, 5.41) is 167. The molecule has 4 aromatic carbocycles. The van der Waals surface area contributed by atoms with E-state index in [9.17, 15) is 81.7 Å². The van der Waals surface area contributed by atoms with E-state index in [2.05, 4.69) is 19.9 Å². The number of fused-ring (bicyclic) bond motifs is 11. The van der Waals surface area contributed by atoms with Crippen molar-refractivity contribution in [1.82, 2.24) is 24.8 Å². The molecule has 14 rings (SSSR count). The van der Waals surface area contributed by atoms with Gasteiger partial charge in [-0.2, -0.15) is 0 Å². The van der Waals surface area contributed by atoms with Crippen molar-refractivity contribution < 1.29 is 171 Å². The number of aliphatic hydroxyl groups excluding tert-OH is 16. The molecule has 8 aliphatic rings. The number of benzene rings is 4. The minimum absolute atomic E-state index is 0.348. The third kappa shape index (κ3) is 14.2. The fraction of sp³-hybridized carbons (Fsp3) is 0.408. The van der Waals surface area contributed by atoms with Crippen molar-refractivity contribution in [2.75, 3.05) is 46.6 Å². The molecule has 10 heterocycles. The van der Waals surface area contributed by atoms with Gasteiger partial charge in [-0.3, -0.25) is 0 Å².